The van der Waals surface area contributed by atoms with Crippen LogP contribution in [0, 0.1) is 0 Å². The molecule has 2 N–H and O–H groups in total. The van der Waals surface area contributed by atoms with Crippen molar-refractivity contribution >= 4 is 5.96 Å². The first-order valence-corrected chi connectivity index (χ1v) is 8.70. The van der Waals surface area contributed by atoms with Crippen molar-refractivity contribution in [2.75, 3.05) is 39.5 Å². The topological polar surface area (TPSA) is 59.8 Å². The van der Waals surface area contributed by atoms with Crippen LogP contribution in [0.2, 0.25) is 0 Å². The first-order chi connectivity index (χ1) is 11.4. The minimum absolute atomic E-state index is 0.376. The molecule has 2 heterocycles. The van der Waals surface area contributed by atoms with Crippen LogP contribution in [0.15, 0.2) is 29.5 Å². The lowest BCUT2D eigenvalue weighted by atomic mass is 10.1. The third-order valence-corrected chi connectivity index (χ3v) is 3.77. The minimum Gasteiger partial charge on any atom is -0.381 e. The summed E-state index contributed by atoms with van der Waals surface area (Å²) >= 11 is 0. The first kappa shape index (κ1) is 17.8. The lowest BCUT2D eigenvalue weighted by Crippen LogP contribution is -2.39. The SMILES string of the molecule is CCNC(=NCCCOC1CCOCC1)NCCn1cccc1. The third kappa shape index (κ3) is 7.52. The maximum atomic E-state index is 5.86. The summed E-state index contributed by atoms with van der Waals surface area (Å²) in [4.78, 5) is 4.60. The van der Waals surface area contributed by atoms with Gasteiger partial charge in [0.25, 0.3) is 0 Å². The number of ether oxygens (including phenoxy) is 2. The van der Waals surface area contributed by atoms with Crippen molar-refractivity contribution in [1.29, 1.82) is 0 Å². The zero-order valence-corrected chi connectivity index (χ0v) is 14.2. The summed E-state index contributed by atoms with van der Waals surface area (Å²) in [5, 5.41) is 6.64. The van der Waals surface area contributed by atoms with Crippen LogP contribution < -0.4 is 10.6 Å². The van der Waals surface area contributed by atoms with Crippen molar-refractivity contribution in [2.45, 2.75) is 38.8 Å². The van der Waals surface area contributed by atoms with Crippen LogP contribution in [-0.4, -0.2) is 56.1 Å². The molecule has 6 nitrogen and oxygen atoms in total. The predicted molar refractivity (Wildman–Crippen MR) is 92.8 cm³/mol. The Kier molecular flexibility index (Phi) is 8.58. The molecule has 1 aliphatic heterocycles. The Bertz CT molecular complexity index is 428. The standard InChI is InChI=1S/C17H30N4O2/c1-2-18-17(20-9-12-21-10-3-4-11-21)19-8-5-13-23-16-6-14-22-15-7-16/h3-4,10-11,16H,2,5-9,12-15H2,1H3,(H2,18,19,20). The number of aromatic nitrogens is 1. The van der Waals surface area contributed by atoms with E-state index in [0.717, 1.165) is 71.2 Å². The van der Waals surface area contributed by atoms with Crippen molar-refractivity contribution in [1.82, 2.24) is 15.2 Å². The molecule has 1 aliphatic rings. The van der Waals surface area contributed by atoms with Gasteiger partial charge in [-0.1, -0.05) is 0 Å². The second-order valence-electron chi connectivity index (χ2n) is 5.64. The second kappa shape index (κ2) is 11.1. The molecular formula is C17H30N4O2. The molecule has 2 rings (SSSR count). The molecule has 0 radical (unpaired) electrons. The predicted octanol–water partition coefficient (Wildman–Crippen LogP) is 1.63. The fourth-order valence-electron chi connectivity index (χ4n) is 2.51. The maximum absolute atomic E-state index is 5.86. The van der Waals surface area contributed by atoms with Crippen molar-refractivity contribution in [3.8, 4) is 0 Å². The van der Waals surface area contributed by atoms with E-state index in [9.17, 15) is 0 Å². The maximum Gasteiger partial charge on any atom is 0.191 e. The largest absolute Gasteiger partial charge is 0.381 e. The normalized spacial score (nSPS) is 16.5. The van der Waals surface area contributed by atoms with Crippen LogP contribution in [-0.2, 0) is 16.0 Å². The van der Waals surface area contributed by atoms with Gasteiger partial charge in [0.2, 0.25) is 0 Å². The Morgan fingerprint density at radius 2 is 2.04 bits per heavy atom. The molecule has 0 saturated carbocycles. The Balaban J connectivity index is 1.58. The fraction of sp³-hybridized carbons (Fsp3) is 0.706. The Morgan fingerprint density at radius 3 is 2.78 bits per heavy atom. The molecular weight excluding hydrogens is 292 g/mol. The van der Waals surface area contributed by atoms with E-state index in [1.807, 2.05) is 12.1 Å². The highest BCUT2D eigenvalue weighted by molar-refractivity contribution is 5.79. The monoisotopic (exact) mass is 322 g/mol. The van der Waals surface area contributed by atoms with Crippen LogP contribution in [0.5, 0.6) is 0 Å². The number of aliphatic imine (C=N–C) groups is 1. The molecule has 0 atom stereocenters. The van der Waals surface area contributed by atoms with Crippen molar-refractivity contribution in [3.05, 3.63) is 24.5 Å². The van der Waals surface area contributed by atoms with Crippen LogP contribution >= 0.6 is 0 Å². The molecule has 23 heavy (non-hydrogen) atoms. The summed E-state index contributed by atoms with van der Waals surface area (Å²) in [5.41, 5.74) is 0. The van der Waals surface area contributed by atoms with Crippen LogP contribution in [0.25, 0.3) is 0 Å². The van der Waals surface area contributed by atoms with Gasteiger partial charge in [0.15, 0.2) is 5.96 Å². The quantitative estimate of drug-likeness (QED) is 0.412. The molecule has 1 saturated heterocycles. The molecule has 1 aromatic rings. The summed E-state index contributed by atoms with van der Waals surface area (Å²) in [6.07, 6.45) is 7.50. The van der Waals surface area contributed by atoms with Crippen LogP contribution in [0.3, 0.4) is 0 Å². The first-order valence-electron chi connectivity index (χ1n) is 8.70. The van der Waals surface area contributed by atoms with Crippen LogP contribution in [0.4, 0.5) is 0 Å². The van der Waals surface area contributed by atoms with E-state index in [2.05, 4.69) is 39.5 Å². The van der Waals surface area contributed by atoms with Gasteiger partial charge in [-0.15, -0.1) is 0 Å². The zero-order valence-electron chi connectivity index (χ0n) is 14.2. The van der Waals surface area contributed by atoms with E-state index in [-0.39, 0.29) is 0 Å². The van der Waals surface area contributed by atoms with Crippen LogP contribution in [0.1, 0.15) is 26.2 Å². The highest BCUT2D eigenvalue weighted by Gasteiger charge is 2.13. The summed E-state index contributed by atoms with van der Waals surface area (Å²) in [7, 11) is 0. The van der Waals surface area contributed by atoms with Crippen molar-refractivity contribution < 1.29 is 9.47 Å². The Hall–Kier alpha value is -1.53. The molecule has 0 aliphatic carbocycles. The van der Waals surface area contributed by atoms with E-state index < -0.39 is 0 Å². The van der Waals surface area contributed by atoms with E-state index in [1.54, 1.807) is 0 Å². The second-order valence-corrected chi connectivity index (χ2v) is 5.64. The molecule has 0 spiro atoms. The van der Waals surface area contributed by atoms with Gasteiger partial charge >= 0.3 is 0 Å². The Labute approximate surface area is 139 Å². The van der Waals surface area contributed by atoms with Gasteiger partial charge in [0, 0.05) is 58.4 Å². The van der Waals surface area contributed by atoms with Gasteiger partial charge in [-0.3, -0.25) is 4.99 Å². The smallest absolute Gasteiger partial charge is 0.191 e. The zero-order chi connectivity index (χ0) is 16.2. The summed E-state index contributed by atoms with van der Waals surface area (Å²) in [6, 6.07) is 4.08. The van der Waals surface area contributed by atoms with E-state index in [4.69, 9.17) is 9.47 Å². The van der Waals surface area contributed by atoms with Gasteiger partial charge in [-0.05, 0) is 38.3 Å². The van der Waals surface area contributed by atoms with Gasteiger partial charge in [0.1, 0.15) is 0 Å². The molecule has 130 valence electrons. The highest BCUT2D eigenvalue weighted by Crippen LogP contribution is 2.10. The van der Waals surface area contributed by atoms with E-state index >= 15 is 0 Å². The average Bonchev–Trinajstić information content (AvgIpc) is 3.09. The molecule has 0 aromatic carbocycles. The van der Waals surface area contributed by atoms with E-state index in [1.165, 1.54) is 0 Å². The van der Waals surface area contributed by atoms with Gasteiger partial charge in [-0.2, -0.15) is 0 Å². The number of hydrogen-bond donors (Lipinski definition) is 2. The van der Waals surface area contributed by atoms with Gasteiger partial charge < -0.3 is 24.7 Å². The molecule has 0 bridgehead atoms. The summed E-state index contributed by atoms with van der Waals surface area (Å²) < 4.78 is 13.3. The molecule has 6 heteroatoms. The lowest BCUT2D eigenvalue weighted by Gasteiger charge is -2.22. The summed E-state index contributed by atoms with van der Waals surface area (Å²) in [5.74, 6) is 0.880. The molecule has 0 amide bonds. The Morgan fingerprint density at radius 1 is 1.26 bits per heavy atom. The number of nitrogens with one attached hydrogen (secondary N) is 2. The third-order valence-electron chi connectivity index (χ3n) is 3.77. The molecule has 0 unspecified atom stereocenters. The highest BCUT2D eigenvalue weighted by atomic mass is 16.5. The van der Waals surface area contributed by atoms with E-state index in [0.29, 0.717) is 6.10 Å². The van der Waals surface area contributed by atoms with Gasteiger partial charge in [0.05, 0.1) is 6.10 Å². The molecule has 1 aromatic heterocycles. The number of nitrogens with zero attached hydrogens (tertiary/aromatic N) is 2. The minimum atomic E-state index is 0.376. The average molecular weight is 322 g/mol. The number of rotatable bonds is 9. The molecule has 1 fully saturated rings. The van der Waals surface area contributed by atoms with Crippen molar-refractivity contribution in [3.63, 3.8) is 0 Å². The number of guanidine groups is 1. The van der Waals surface area contributed by atoms with Gasteiger partial charge in [-0.25, -0.2) is 0 Å². The van der Waals surface area contributed by atoms with Crippen molar-refractivity contribution in [2.24, 2.45) is 4.99 Å². The fourth-order valence-corrected chi connectivity index (χ4v) is 2.51. The summed E-state index contributed by atoms with van der Waals surface area (Å²) in [6.45, 7) is 7.96. The lowest BCUT2D eigenvalue weighted by molar-refractivity contribution is -0.0318. The number of hydrogen-bond acceptors (Lipinski definition) is 3.